The molecule has 1 amide bonds. The Morgan fingerprint density at radius 2 is 2.10 bits per heavy atom. The molecule has 0 aliphatic heterocycles. The zero-order valence-electron chi connectivity index (χ0n) is 11.2. The van der Waals surface area contributed by atoms with Crippen LogP contribution in [0.25, 0.3) is 0 Å². The number of hydrogen-bond acceptors (Lipinski definition) is 4. The predicted octanol–water partition coefficient (Wildman–Crippen LogP) is 0.833. The van der Waals surface area contributed by atoms with E-state index in [0.717, 1.165) is 12.1 Å². The summed E-state index contributed by atoms with van der Waals surface area (Å²) in [6.45, 7) is 2.66. The molecule has 1 atom stereocenters. The number of aliphatic hydroxyl groups excluding tert-OH is 1. The highest BCUT2D eigenvalue weighted by Crippen LogP contribution is 2.19. The molecule has 20 heavy (non-hydrogen) atoms. The number of aliphatic hydroxyl groups is 1. The van der Waals surface area contributed by atoms with Crippen molar-refractivity contribution in [3.05, 3.63) is 24.0 Å². The number of sulfonamides is 1. The maximum absolute atomic E-state index is 13.8. The second-order valence-corrected chi connectivity index (χ2v) is 6.04. The summed E-state index contributed by atoms with van der Waals surface area (Å²) in [7, 11) is -4.01. The van der Waals surface area contributed by atoms with Crippen LogP contribution in [0.15, 0.2) is 23.1 Å². The van der Waals surface area contributed by atoms with Crippen LogP contribution >= 0.6 is 0 Å². The highest BCUT2D eigenvalue weighted by molar-refractivity contribution is 7.89. The molecule has 6 nitrogen and oxygen atoms in total. The van der Waals surface area contributed by atoms with E-state index < -0.39 is 26.8 Å². The Kier molecular flexibility index (Phi) is 5.61. The minimum atomic E-state index is -4.01. The van der Waals surface area contributed by atoms with Crippen LogP contribution in [-0.2, 0) is 14.8 Å². The fraction of sp³-hybridized carbons (Fsp3) is 0.417. The van der Waals surface area contributed by atoms with Crippen molar-refractivity contribution in [2.75, 3.05) is 11.9 Å². The van der Waals surface area contributed by atoms with Gasteiger partial charge in [0.25, 0.3) is 0 Å². The average Bonchev–Trinajstić information content (AvgIpc) is 2.26. The van der Waals surface area contributed by atoms with E-state index in [4.69, 9.17) is 5.11 Å². The molecule has 8 heteroatoms. The topological polar surface area (TPSA) is 95.5 Å². The first-order valence-electron chi connectivity index (χ1n) is 5.96. The van der Waals surface area contributed by atoms with E-state index in [9.17, 15) is 17.6 Å². The summed E-state index contributed by atoms with van der Waals surface area (Å²) in [5.41, 5.74) is 0.178. The van der Waals surface area contributed by atoms with E-state index in [1.54, 1.807) is 6.92 Å². The van der Waals surface area contributed by atoms with Gasteiger partial charge >= 0.3 is 0 Å². The lowest BCUT2D eigenvalue weighted by Crippen LogP contribution is -2.33. The van der Waals surface area contributed by atoms with Crippen LogP contribution in [0.1, 0.15) is 20.3 Å². The summed E-state index contributed by atoms with van der Waals surface area (Å²) in [4.78, 5) is 10.3. The van der Waals surface area contributed by atoms with E-state index in [1.807, 2.05) is 0 Å². The molecule has 0 fully saturated rings. The second kappa shape index (κ2) is 6.78. The Morgan fingerprint density at radius 3 is 2.60 bits per heavy atom. The largest absolute Gasteiger partial charge is 0.396 e. The monoisotopic (exact) mass is 304 g/mol. The molecular formula is C12H17FN2O4S. The molecule has 1 unspecified atom stereocenters. The van der Waals surface area contributed by atoms with E-state index in [2.05, 4.69) is 10.0 Å². The third-order valence-corrected chi connectivity index (χ3v) is 4.08. The Labute approximate surface area is 117 Å². The third-order valence-electron chi connectivity index (χ3n) is 2.46. The maximum Gasteiger partial charge on any atom is 0.243 e. The van der Waals surface area contributed by atoms with Gasteiger partial charge in [-0.2, -0.15) is 0 Å². The summed E-state index contributed by atoms with van der Waals surface area (Å²) < 4.78 is 40.0. The Balaban J connectivity index is 2.98. The van der Waals surface area contributed by atoms with Crippen molar-refractivity contribution in [1.29, 1.82) is 0 Å². The number of halogens is 1. The fourth-order valence-electron chi connectivity index (χ4n) is 1.58. The zero-order chi connectivity index (χ0) is 15.3. The van der Waals surface area contributed by atoms with Crippen LogP contribution in [0, 0.1) is 5.82 Å². The number of carbonyl (C=O) groups excluding carboxylic acids is 1. The first-order chi connectivity index (χ1) is 9.26. The predicted molar refractivity (Wildman–Crippen MR) is 72.2 cm³/mol. The normalized spacial score (nSPS) is 13.0. The van der Waals surface area contributed by atoms with Gasteiger partial charge in [-0.05, 0) is 31.5 Å². The van der Waals surface area contributed by atoms with Gasteiger partial charge in [-0.1, -0.05) is 0 Å². The van der Waals surface area contributed by atoms with Gasteiger partial charge in [0.1, 0.15) is 10.7 Å². The van der Waals surface area contributed by atoms with Gasteiger partial charge in [0.2, 0.25) is 15.9 Å². The van der Waals surface area contributed by atoms with Crippen molar-refractivity contribution in [1.82, 2.24) is 4.72 Å². The van der Waals surface area contributed by atoms with Crippen molar-refractivity contribution < 1.29 is 22.7 Å². The van der Waals surface area contributed by atoms with Crippen molar-refractivity contribution >= 4 is 21.6 Å². The highest BCUT2D eigenvalue weighted by Gasteiger charge is 2.21. The van der Waals surface area contributed by atoms with Crippen LogP contribution in [-0.4, -0.2) is 32.1 Å². The van der Waals surface area contributed by atoms with Crippen LogP contribution in [0.5, 0.6) is 0 Å². The zero-order valence-corrected chi connectivity index (χ0v) is 12.0. The molecule has 0 radical (unpaired) electrons. The second-order valence-electron chi connectivity index (χ2n) is 4.36. The van der Waals surface area contributed by atoms with Gasteiger partial charge < -0.3 is 10.4 Å². The maximum atomic E-state index is 13.8. The summed E-state index contributed by atoms with van der Waals surface area (Å²) in [5, 5.41) is 11.1. The van der Waals surface area contributed by atoms with Gasteiger partial charge in [-0.3, -0.25) is 4.79 Å². The van der Waals surface area contributed by atoms with Gasteiger partial charge in [0, 0.05) is 25.3 Å². The van der Waals surface area contributed by atoms with Crippen molar-refractivity contribution in [3.8, 4) is 0 Å². The first kappa shape index (κ1) is 16.5. The molecule has 0 bridgehead atoms. The number of amides is 1. The molecule has 1 aromatic carbocycles. The number of rotatable bonds is 6. The lowest BCUT2D eigenvalue weighted by atomic mass is 10.3. The molecule has 0 saturated carbocycles. The van der Waals surface area contributed by atoms with Crippen molar-refractivity contribution in [3.63, 3.8) is 0 Å². The smallest absolute Gasteiger partial charge is 0.243 e. The number of anilines is 1. The number of nitrogens with one attached hydrogen (secondary N) is 2. The van der Waals surface area contributed by atoms with Gasteiger partial charge in [0.05, 0.1) is 0 Å². The fourth-order valence-corrected chi connectivity index (χ4v) is 2.92. The van der Waals surface area contributed by atoms with Gasteiger partial charge in [-0.15, -0.1) is 0 Å². The SMILES string of the molecule is CC(=O)Nc1ccc(S(=O)(=O)NC(C)CCO)c(F)c1. The summed E-state index contributed by atoms with van der Waals surface area (Å²) in [5.74, 6) is -1.34. The summed E-state index contributed by atoms with van der Waals surface area (Å²) >= 11 is 0. The average molecular weight is 304 g/mol. The Hall–Kier alpha value is -1.51. The quantitative estimate of drug-likeness (QED) is 0.725. The molecule has 0 saturated heterocycles. The summed E-state index contributed by atoms with van der Waals surface area (Å²) in [6.07, 6.45) is 0.227. The van der Waals surface area contributed by atoms with E-state index in [0.29, 0.717) is 0 Å². The molecule has 0 spiro atoms. The molecule has 3 N–H and O–H groups in total. The Morgan fingerprint density at radius 1 is 1.45 bits per heavy atom. The van der Waals surface area contributed by atoms with Crippen LogP contribution in [0.4, 0.5) is 10.1 Å². The molecule has 1 aromatic rings. The number of hydrogen-bond donors (Lipinski definition) is 3. The number of benzene rings is 1. The van der Waals surface area contributed by atoms with E-state index >= 15 is 0 Å². The minimum Gasteiger partial charge on any atom is -0.396 e. The van der Waals surface area contributed by atoms with Crippen LogP contribution < -0.4 is 10.0 Å². The number of carbonyl (C=O) groups is 1. The highest BCUT2D eigenvalue weighted by atomic mass is 32.2. The van der Waals surface area contributed by atoms with Gasteiger partial charge in [-0.25, -0.2) is 17.5 Å². The van der Waals surface area contributed by atoms with E-state index in [-0.39, 0.29) is 24.6 Å². The van der Waals surface area contributed by atoms with Crippen LogP contribution in [0.3, 0.4) is 0 Å². The third kappa shape index (κ3) is 4.55. The molecule has 112 valence electrons. The van der Waals surface area contributed by atoms with Crippen LogP contribution in [0.2, 0.25) is 0 Å². The molecule has 0 aliphatic rings. The molecule has 0 heterocycles. The minimum absolute atomic E-state index is 0.173. The standard InChI is InChI=1S/C12H17FN2O4S/c1-8(5-6-16)15-20(18,19)12-4-3-10(7-11(12)13)14-9(2)17/h3-4,7-8,15-16H,5-6H2,1-2H3,(H,14,17). The lowest BCUT2D eigenvalue weighted by molar-refractivity contribution is -0.114. The molecule has 1 rings (SSSR count). The molecular weight excluding hydrogens is 287 g/mol. The Bertz CT molecular complexity index is 589. The molecule has 0 aliphatic carbocycles. The summed E-state index contributed by atoms with van der Waals surface area (Å²) in [6, 6.07) is 2.80. The van der Waals surface area contributed by atoms with Crippen molar-refractivity contribution in [2.24, 2.45) is 0 Å². The molecule has 0 aromatic heterocycles. The first-order valence-corrected chi connectivity index (χ1v) is 7.45. The van der Waals surface area contributed by atoms with E-state index in [1.165, 1.54) is 13.0 Å². The van der Waals surface area contributed by atoms with Crippen molar-refractivity contribution in [2.45, 2.75) is 31.2 Å². The lowest BCUT2D eigenvalue weighted by Gasteiger charge is -2.14. The van der Waals surface area contributed by atoms with Gasteiger partial charge in [0.15, 0.2) is 0 Å².